The predicted octanol–water partition coefficient (Wildman–Crippen LogP) is 2.29. The molecule has 0 spiro atoms. The van der Waals surface area contributed by atoms with E-state index in [2.05, 4.69) is 4.98 Å². The maximum absolute atomic E-state index is 12.9. The number of carbonyl (C=O) groups excluding carboxylic acids is 2. The minimum absolute atomic E-state index is 0.0175. The lowest BCUT2D eigenvalue weighted by Gasteiger charge is -2.28. The first kappa shape index (κ1) is 17.9. The molecule has 6 nitrogen and oxygen atoms in total. The minimum Gasteiger partial charge on any atom is -0.497 e. The largest absolute Gasteiger partial charge is 0.497 e. The van der Waals surface area contributed by atoms with Crippen molar-refractivity contribution >= 4 is 17.5 Å². The van der Waals surface area contributed by atoms with Crippen LogP contribution in [0.25, 0.3) is 0 Å². The zero-order chi connectivity index (χ0) is 18.5. The van der Waals surface area contributed by atoms with Crippen molar-refractivity contribution in [3.63, 3.8) is 0 Å². The Morgan fingerprint density at radius 3 is 2.58 bits per heavy atom. The molecule has 0 saturated carbocycles. The molecule has 6 heteroatoms. The molecule has 1 aromatic heterocycles. The van der Waals surface area contributed by atoms with Crippen LogP contribution < -0.4 is 9.64 Å². The van der Waals surface area contributed by atoms with Crippen LogP contribution in [0.3, 0.4) is 0 Å². The summed E-state index contributed by atoms with van der Waals surface area (Å²) in [6.45, 7) is 0.601. The van der Waals surface area contributed by atoms with Crippen molar-refractivity contribution in [1.82, 2.24) is 9.88 Å². The number of benzene rings is 1. The number of aromatic nitrogens is 1. The normalized spacial score (nSPS) is 16.6. The van der Waals surface area contributed by atoms with E-state index in [9.17, 15) is 9.59 Å². The highest BCUT2D eigenvalue weighted by Gasteiger charge is 2.38. The summed E-state index contributed by atoms with van der Waals surface area (Å²) in [5.74, 6) is 0.675. The van der Waals surface area contributed by atoms with Crippen LogP contribution in [0.15, 0.2) is 48.8 Å². The first-order chi connectivity index (χ1) is 12.6. The number of rotatable bonds is 6. The Morgan fingerprint density at radius 2 is 1.92 bits per heavy atom. The summed E-state index contributed by atoms with van der Waals surface area (Å²) in [5, 5.41) is 0. The average molecular weight is 353 g/mol. The summed E-state index contributed by atoms with van der Waals surface area (Å²) < 4.78 is 5.16. The molecule has 0 bridgehead atoms. The number of methoxy groups -OCH3 is 1. The number of hydrogen-bond acceptors (Lipinski definition) is 4. The van der Waals surface area contributed by atoms with Crippen LogP contribution in [0.4, 0.5) is 5.69 Å². The highest BCUT2D eigenvalue weighted by atomic mass is 16.5. The van der Waals surface area contributed by atoms with Gasteiger partial charge in [-0.25, -0.2) is 0 Å². The number of likely N-dealkylation sites (N-methyl/N-ethyl adjacent to an activating group) is 1. The first-order valence-corrected chi connectivity index (χ1v) is 8.70. The first-order valence-electron chi connectivity index (χ1n) is 8.70. The fourth-order valence-corrected chi connectivity index (χ4v) is 3.20. The van der Waals surface area contributed by atoms with Crippen molar-refractivity contribution in [2.24, 2.45) is 0 Å². The highest BCUT2D eigenvalue weighted by Crippen LogP contribution is 2.29. The second kappa shape index (κ2) is 7.99. The maximum atomic E-state index is 12.9. The third-order valence-electron chi connectivity index (χ3n) is 4.71. The molecule has 1 aromatic carbocycles. The van der Waals surface area contributed by atoms with Crippen molar-refractivity contribution in [2.45, 2.75) is 25.3 Å². The van der Waals surface area contributed by atoms with Crippen molar-refractivity contribution in [1.29, 1.82) is 0 Å². The molecule has 26 heavy (non-hydrogen) atoms. The molecular weight excluding hydrogens is 330 g/mol. The SMILES string of the molecule is COc1ccc(N2C(=O)CCC2C(=O)N(C)CCc2ccncc2)cc1. The maximum Gasteiger partial charge on any atom is 0.245 e. The summed E-state index contributed by atoms with van der Waals surface area (Å²) in [5.41, 5.74) is 1.86. The quantitative estimate of drug-likeness (QED) is 0.799. The van der Waals surface area contributed by atoms with Crippen molar-refractivity contribution in [3.8, 4) is 5.75 Å². The molecular formula is C20H23N3O3. The Bertz CT molecular complexity index is 762. The van der Waals surface area contributed by atoms with Crippen LogP contribution in [-0.2, 0) is 16.0 Å². The van der Waals surface area contributed by atoms with Gasteiger partial charge in [0, 0.05) is 38.1 Å². The summed E-state index contributed by atoms with van der Waals surface area (Å²) in [6, 6.07) is 10.7. The average Bonchev–Trinajstić information content (AvgIpc) is 3.07. The standard InChI is InChI=1S/C20H23N3O3/c1-22(14-11-15-9-12-21-13-10-15)20(25)18-7-8-19(24)23(18)16-3-5-17(26-2)6-4-16/h3-6,9-10,12-13,18H,7-8,11,14H2,1-2H3. The summed E-state index contributed by atoms with van der Waals surface area (Å²) >= 11 is 0. The lowest BCUT2D eigenvalue weighted by Crippen LogP contribution is -2.46. The Morgan fingerprint density at radius 1 is 1.23 bits per heavy atom. The zero-order valence-corrected chi connectivity index (χ0v) is 15.1. The molecule has 0 N–H and O–H groups in total. The van der Waals surface area contributed by atoms with E-state index in [0.717, 1.165) is 23.4 Å². The van der Waals surface area contributed by atoms with Gasteiger partial charge in [0.1, 0.15) is 11.8 Å². The van der Waals surface area contributed by atoms with E-state index in [4.69, 9.17) is 4.74 Å². The van der Waals surface area contributed by atoms with Crippen molar-refractivity contribution < 1.29 is 14.3 Å². The topological polar surface area (TPSA) is 62.7 Å². The lowest BCUT2D eigenvalue weighted by atomic mass is 10.1. The molecule has 1 atom stereocenters. The van der Waals surface area contributed by atoms with Gasteiger partial charge in [-0.3, -0.25) is 19.5 Å². The third-order valence-corrected chi connectivity index (χ3v) is 4.71. The van der Waals surface area contributed by atoms with Gasteiger partial charge in [-0.2, -0.15) is 0 Å². The molecule has 0 radical (unpaired) electrons. The number of anilines is 1. The van der Waals surface area contributed by atoms with Crippen LogP contribution in [0, 0.1) is 0 Å². The minimum atomic E-state index is -0.446. The van der Waals surface area contributed by atoms with Crippen LogP contribution >= 0.6 is 0 Å². The molecule has 1 aliphatic rings. The smallest absolute Gasteiger partial charge is 0.245 e. The van der Waals surface area contributed by atoms with Gasteiger partial charge in [-0.1, -0.05) is 0 Å². The third kappa shape index (κ3) is 3.85. The molecule has 1 aliphatic heterocycles. The Hall–Kier alpha value is -2.89. The van der Waals surface area contributed by atoms with Gasteiger partial charge in [0.25, 0.3) is 0 Å². The summed E-state index contributed by atoms with van der Waals surface area (Å²) in [7, 11) is 3.39. The van der Waals surface area contributed by atoms with E-state index in [1.54, 1.807) is 48.5 Å². The van der Waals surface area contributed by atoms with Gasteiger partial charge >= 0.3 is 0 Å². The van der Waals surface area contributed by atoms with E-state index in [1.807, 2.05) is 24.3 Å². The number of nitrogens with zero attached hydrogens (tertiary/aromatic N) is 3. The number of ether oxygens (including phenoxy) is 1. The molecule has 1 unspecified atom stereocenters. The number of amides is 2. The van der Waals surface area contributed by atoms with Gasteiger partial charge in [-0.05, 0) is 54.8 Å². The molecule has 2 amide bonds. The van der Waals surface area contributed by atoms with Gasteiger partial charge in [0.05, 0.1) is 7.11 Å². The van der Waals surface area contributed by atoms with Crippen LogP contribution in [0.2, 0.25) is 0 Å². The van der Waals surface area contributed by atoms with Crippen molar-refractivity contribution in [3.05, 3.63) is 54.4 Å². The van der Waals surface area contributed by atoms with E-state index in [1.165, 1.54) is 0 Å². The predicted molar refractivity (Wildman–Crippen MR) is 99.1 cm³/mol. The fraction of sp³-hybridized carbons (Fsp3) is 0.350. The van der Waals surface area contributed by atoms with E-state index >= 15 is 0 Å². The highest BCUT2D eigenvalue weighted by molar-refractivity contribution is 6.03. The fourth-order valence-electron chi connectivity index (χ4n) is 3.20. The summed E-state index contributed by atoms with van der Waals surface area (Å²) in [4.78, 5) is 32.6. The Kier molecular flexibility index (Phi) is 5.51. The number of pyridine rings is 1. The van der Waals surface area contributed by atoms with Gasteiger partial charge in [-0.15, -0.1) is 0 Å². The molecule has 1 fully saturated rings. The Balaban J connectivity index is 1.69. The van der Waals surface area contributed by atoms with Gasteiger partial charge in [0.2, 0.25) is 11.8 Å². The van der Waals surface area contributed by atoms with Gasteiger partial charge in [0.15, 0.2) is 0 Å². The van der Waals surface area contributed by atoms with Crippen molar-refractivity contribution in [2.75, 3.05) is 25.6 Å². The molecule has 1 saturated heterocycles. The number of carbonyl (C=O) groups is 2. The second-order valence-corrected chi connectivity index (χ2v) is 6.38. The van der Waals surface area contributed by atoms with Crippen LogP contribution in [-0.4, -0.2) is 48.4 Å². The molecule has 2 aromatic rings. The molecule has 3 rings (SSSR count). The number of hydrogen-bond donors (Lipinski definition) is 0. The van der Waals surface area contributed by atoms with Crippen LogP contribution in [0.1, 0.15) is 18.4 Å². The second-order valence-electron chi connectivity index (χ2n) is 6.38. The van der Waals surface area contributed by atoms with Gasteiger partial charge < -0.3 is 9.64 Å². The van der Waals surface area contributed by atoms with E-state index in [-0.39, 0.29) is 11.8 Å². The molecule has 2 heterocycles. The zero-order valence-electron chi connectivity index (χ0n) is 15.1. The molecule has 136 valence electrons. The van der Waals surface area contributed by atoms with Crippen LogP contribution in [0.5, 0.6) is 5.75 Å². The summed E-state index contributed by atoms with van der Waals surface area (Å²) in [6.07, 6.45) is 5.19. The Labute approximate surface area is 153 Å². The van der Waals surface area contributed by atoms with E-state index in [0.29, 0.717) is 19.4 Å². The van der Waals surface area contributed by atoms with E-state index < -0.39 is 6.04 Å². The monoisotopic (exact) mass is 353 g/mol. The molecule has 0 aliphatic carbocycles. The lowest BCUT2D eigenvalue weighted by molar-refractivity contribution is -0.131.